The molecule has 2 aliphatic heterocycles. The second-order valence-corrected chi connectivity index (χ2v) is 7.93. The van der Waals surface area contributed by atoms with E-state index >= 15 is 0 Å². The summed E-state index contributed by atoms with van der Waals surface area (Å²) >= 11 is 3.43. The van der Waals surface area contributed by atoms with Crippen LogP contribution in [0.2, 0.25) is 0 Å². The molecule has 0 radical (unpaired) electrons. The van der Waals surface area contributed by atoms with E-state index in [4.69, 9.17) is 10.5 Å². The maximum atomic E-state index is 13.1. The Morgan fingerprint density at radius 1 is 1.10 bits per heavy atom. The van der Waals surface area contributed by atoms with Gasteiger partial charge in [-0.1, -0.05) is 46.3 Å². The SMILES string of the molecule is NC(=O)C1CC(C(=O)N2CCOC(c3ccc(Br)cc3)C2)=NN1c1ccccc1. The molecule has 0 bridgehead atoms. The number of primary amides is 1. The number of carbonyl (C=O) groups excluding carboxylic acids is 2. The third-order valence-corrected chi connectivity index (χ3v) is 5.63. The zero-order valence-electron chi connectivity index (χ0n) is 15.7. The number of anilines is 1. The first-order valence-corrected chi connectivity index (χ1v) is 10.2. The van der Waals surface area contributed by atoms with E-state index in [2.05, 4.69) is 21.0 Å². The summed E-state index contributed by atoms with van der Waals surface area (Å²) in [5, 5.41) is 6.00. The van der Waals surface area contributed by atoms with Gasteiger partial charge in [0.15, 0.2) is 0 Å². The van der Waals surface area contributed by atoms with Crippen molar-refractivity contribution in [2.75, 3.05) is 24.7 Å². The van der Waals surface area contributed by atoms with Crippen LogP contribution < -0.4 is 10.7 Å². The maximum Gasteiger partial charge on any atom is 0.270 e. The predicted molar refractivity (Wildman–Crippen MR) is 113 cm³/mol. The number of hydrazone groups is 1. The molecule has 2 unspecified atom stereocenters. The lowest BCUT2D eigenvalue weighted by Crippen LogP contribution is -2.45. The Morgan fingerprint density at radius 3 is 2.52 bits per heavy atom. The Balaban J connectivity index is 1.52. The molecule has 2 heterocycles. The van der Waals surface area contributed by atoms with E-state index in [1.807, 2.05) is 54.6 Å². The van der Waals surface area contributed by atoms with Crippen molar-refractivity contribution in [2.24, 2.45) is 10.8 Å². The van der Waals surface area contributed by atoms with Crippen LogP contribution in [0.15, 0.2) is 64.2 Å². The number of nitrogens with two attached hydrogens (primary N) is 1. The highest BCUT2D eigenvalue weighted by atomic mass is 79.9. The average molecular weight is 457 g/mol. The third-order valence-electron chi connectivity index (χ3n) is 5.10. The molecule has 1 saturated heterocycles. The van der Waals surface area contributed by atoms with E-state index in [1.54, 1.807) is 9.91 Å². The first-order chi connectivity index (χ1) is 14.0. The quantitative estimate of drug-likeness (QED) is 0.764. The second-order valence-electron chi connectivity index (χ2n) is 7.01. The van der Waals surface area contributed by atoms with E-state index in [0.29, 0.717) is 25.4 Å². The van der Waals surface area contributed by atoms with Gasteiger partial charge < -0.3 is 15.4 Å². The largest absolute Gasteiger partial charge is 0.370 e. The predicted octanol–water partition coefficient (Wildman–Crippen LogP) is 2.47. The second kappa shape index (κ2) is 8.34. The third kappa shape index (κ3) is 4.18. The molecule has 29 heavy (non-hydrogen) atoms. The first-order valence-electron chi connectivity index (χ1n) is 9.40. The van der Waals surface area contributed by atoms with Crippen LogP contribution in [0.1, 0.15) is 18.1 Å². The van der Waals surface area contributed by atoms with Crippen molar-refractivity contribution in [1.82, 2.24) is 4.90 Å². The molecular formula is C21H21BrN4O3. The van der Waals surface area contributed by atoms with E-state index < -0.39 is 11.9 Å². The van der Waals surface area contributed by atoms with Gasteiger partial charge in [-0.3, -0.25) is 14.6 Å². The Bertz CT molecular complexity index is 933. The number of ether oxygens (including phenoxy) is 1. The van der Waals surface area contributed by atoms with Crippen molar-refractivity contribution in [3.63, 3.8) is 0 Å². The molecule has 8 heteroatoms. The number of para-hydroxylation sites is 1. The molecular weight excluding hydrogens is 436 g/mol. The normalized spacial score (nSPS) is 21.8. The minimum atomic E-state index is -0.667. The lowest BCUT2D eigenvalue weighted by atomic mass is 10.1. The molecule has 0 saturated carbocycles. The summed E-state index contributed by atoms with van der Waals surface area (Å²) in [7, 11) is 0. The molecule has 1 fully saturated rings. The van der Waals surface area contributed by atoms with Crippen LogP contribution in [-0.2, 0) is 14.3 Å². The fourth-order valence-electron chi connectivity index (χ4n) is 3.58. The van der Waals surface area contributed by atoms with Gasteiger partial charge in [-0.2, -0.15) is 5.10 Å². The van der Waals surface area contributed by atoms with Gasteiger partial charge in [-0.05, 0) is 29.8 Å². The summed E-state index contributed by atoms with van der Waals surface area (Å²) in [5.41, 5.74) is 7.66. The number of halogens is 1. The van der Waals surface area contributed by atoms with E-state index in [0.717, 1.165) is 15.7 Å². The summed E-state index contributed by atoms with van der Waals surface area (Å²) in [4.78, 5) is 26.8. The molecule has 0 aliphatic carbocycles. The molecule has 0 aromatic heterocycles. The molecule has 2 aliphatic rings. The fraction of sp³-hybridized carbons (Fsp3) is 0.286. The molecule has 2 aromatic rings. The minimum Gasteiger partial charge on any atom is -0.370 e. The van der Waals surface area contributed by atoms with Gasteiger partial charge in [-0.25, -0.2) is 0 Å². The van der Waals surface area contributed by atoms with Crippen LogP contribution in [0, 0.1) is 0 Å². The lowest BCUT2D eigenvalue weighted by molar-refractivity contribution is -0.131. The van der Waals surface area contributed by atoms with Crippen LogP contribution in [0.4, 0.5) is 5.69 Å². The Labute approximate surface area is 177 Å². The van der Waals surface area contributed by atoms with Crippen molar-refractivity contribution < 1.29 is 14.3 Å². The average Bonchev–Trinajstić information content (AvgIpc) is 3.20. The Kier molecular flexibility index (Phi) is 5.64. The monoisotopic (exact) mass is 456 g/mol. The van der Waals surface area contributed by atoms with Crippen LogP contribution in [0.25, 0.3) is 0 Å². The van der Waals surface area contributed by atoms with Crippen molar-refractivity contribution >= 4 is 39.1 Å². The van der Waals surface area contributed by atoms with Gasteiger partial charge in [0.1, 0.15) is 17.9 Å². The zero-order chi connectivity index (χ0) is 20.4. The smallest absolute Gasteiger partial charge is 0.270 e. The number of morpholine rings is 1. The number of amides is 2. The van der Waals surface area contributed by atoms with Crippen molar-refractivity contribution in [2.45, 2.75) is 18.6 Å². The molecule has 150 valence electrons. The van der Waals surface area contributed by atoms with E-state index in [1.165, 1.54) is 0 Å². The zero-order valence-corrected chi connectivity index (χ0v) is 17.3. The van der Waals surface area contributed by atoms with E-state index in [9.17, 15) is 9.59 Å². The molecule has 2 aromatic carbocycles. The number of rotatable bonds is 4. The van der Waals surface area contributed by atoms with Crippen LogP contribution in [-0.4, -0.2) is 48.2 Å². The number of carbonyl (C=O) groups is 2. The van der Waals surface area contributed by atoms with Gasteiger partial charge in [0.2, 0.25) is 5.91 Å². The summed E-state index contributed by atoms with van der Waals surface area (Å²) in [6.45, 7) is 1.37. The standard InChI is InChI=1S/C21H21BrN4O3/c22-15-8-6-14(7-9-15)19-13-25(10-11-29-19)21(28)17-12-18(20(23)27)26(24-17)16-4-2-1-3-5-16/h1-9,18-19H,10-13H2,(H2,23,27). The summed E-state index contributed by atoms with van der Waals surface area (Å²) in [5.74, 6) is -0.685. The number of benzene rings is 2. The van der Waals surface area contributed by atoms with Crippen molar-refractivity contribution in [3.8, 4) is 0 Å². The highest BCUT2D eigenvalue weighted by Gasteiger charge is 2.37. The molecule has 2 N–H and O–H groups in total. The highest BCUT2D eigenvalue weighted by molar-refractivity contribution is 9.10. The van der Waals surface area contributed by atoms with E-state index in [-0.39, 0.29) is 18.4 Å². The Hall–Kier alpha value is -2.71. The summed E-state index contributed by atoms with van der Waals surface area (Å²) in [6.07, 6.45) is 0.00331. The van der Waals surface area contributed by atoms with Gasteiger partial charge >= 0.3 is 0 Å². The minimum absolute atomic E-state index is 0.180. The molecule has 0 spiro atoms. The van der Waals surface area contributed by atoms with Crippen LogP contribution >= 0.6 is 15.9 Å². The highest BCUT2D eigenvalue weighted by Crippen LogP contribution is 2.27. The molecule has 4 rings (SSSR count). The molecule has 7 nitrogen and oxygen atoms in total. The number of hydrogen-bond acceptors (Lipinski definition) is 5. The topological polar surface area (TPSA) is 88.2 Å². The van der Waals surface area contributed by atoms with Crippen molar-refractivity contribution in [1.29, 1.82) is 0 Å². The van der Waals surface area contributed by atoms with Gasteiger partial charge in [0.25, 0.3) is 5.91 Å². The van der Waals surface area contributed by atoms with Gasteiger partial charge in [0.05, 0.1) is 18.8 Å². The Morgan fingerprint density at radius 2 is 1.83 bits per heavy atom. The number of hydrogen-bond donors (Lipinski definition) is 1. The summed E-state index contributed by atoms with van der Waals surface area (Å²) in [6, 6.07) is 16.5. The van der Waals surface area contributed by atoms with Crippen LogP contribution in [0.3, 0.4) is 0 Å². The van der Waals surface area contributed by atoms with Gasteiger partial charge in [0, 0.05) is 17.4 Å². The van der Waals surface area contributed by atoms with Crippen LogP contribution in [0.5, 0.6) is 0 Å². The van der Waals surface area contributed by atoms with Gasteiger partial charge in [-0.15, -0.1) is 0 Å². The molecule has 2 amide bonds. The number of nitrogens with zero attached hydrogens (tertiary/aromatic N) is 3. The first kappa shape index (κ1) is 19.6. The maximum absolute atomic E-state index is 13.1. The lowest BCUT2D eigenvalue weighted by Gasteiger charge is -2.33. The summed E-state index contributed by atoms with van der Waals surface area (Å²) < 4.78 is 6.85. The molecule has 2 atom stereocenters. The van der Waals surface area contributed by atoms with Crippen molar-refractivity contribution in [3.05, 3.63) is 64.6 Å². The fourth-order valence-corrected chi connectivity index (χ4v) is 3.84.